The van der Waals surface area contributed by atoms with Gasteiger partial charge in [0.2, 0.25) is 5.91 Å². The molecule has 1 saturated heterocycles. The molecule has 8 nitrogen and oxygen atoms in total. The summed E-state index contributed by atoms with van der Waals surface area (Å²) < 4.78 is 5.07. The Bertz CT molecular complexity index is 744. The fraction of sp³-hybridized carbons (Fsp3) is 0.571. The van der Waals surface area contributed by atoms with E-state index < -0.39 is 0 Å². The zero-order chi connectivity index (χ0) is 20.6. The van der Waals surface area contributed by atoms with Crippen molar-refractivity contribution in [2.24, 2.45) is 4.99 Å². The van der Waals surface area contributed by atoms with E-state index in [2.05, 4.69) is 21.3 Å². The van der Waals surface area contributed by atoms with Gasteiger partial charge in [-0.25, -0.2) is 9.79 Å². The first-order chi connectivity index (χ1) is 14.1. The highest BCUT2D eigenvalue weighted by molar-refractivity contribution is 5.97. The van der Waals surface area contributed by atoms with Crippen LogP contribution in [0.1, 0.15) is 25.8 Å². The highest BCUT2D eigenvalue weighted by atomic mass is 16.6. The average Bonchev–Trinajstić information content (AvgIpc) is 2.76. The number of para-hydroxylation sites is 1. The summed E-state index contributed by atoms with van der Waals surface area (Å²) >= 11 is 0. The fourth-order valence-corrected chi connectivity index (χ4v) is 3.76. The molecule has 2 aliphatic rings. The van der Waals surface area contributed by atoms with Crippen molar-refractivity contribution in [3.63, 3.8) is 0 Å². The van der Waals surface area contributed by atoms with Gasteiger partial charge in [-0.3, -0.25) is 4.79 Å². The number of aliphatic imine (C=N–C) groups is 1. The van der Waals surface area contributed by atoms with Gasteiger partial charge in [0.25, 0.3) is 0 Å². The van der Waals surface area contributed by atoms with E-state index >= 15 is 0 Å². The summed E-state index contributed by atoms with van der Waals surface area (Å²) in [6.45, 7) is 8.23. The number of nitrogens with one attached hydrogen (secondary N) is 1. The Hall–Kier alpha value is -2.77. The van der Waals surface area contributed by atoms with Gasteiger partial charge in [-0.15, -0.1) is 0 Å². The zero-order valence-electron chi connectivity index (χ0n) is 17.4. The van der Waals surface area contributed by atoms with Crippen molar-refractivity contribution in [3.8, 4) is 0 Å². The topological polar surface area (TPSA) is 77.5 Å². The minimum Gasteiger partial charge on any atom is -0.450 e. The Balaban J connectivity index is 1.61. The maximum Gasteiger partial charge on any atom is 0.409 e. The summed E-state index contributed by atoms with van der Waals surface area (Å²) in [6, 6.07) is 8.09. The predicted molar refractivity (Wildman–Crippen MR) is 113 cm³/mol. The summed E-state index contributed by atoms with van der Waals surface area (Å²) in [6.07, 6.45) is 1.71. The van der Waals surface area contributed by atoms with E-state index in [9.17, 15) is 9.59 Å². The van der Waals surface area contributed by atoms with E-state index in [1.54, 1.807) is 4.90 Å². The minimum atomic E-state index is -0.270. The second-order valence-electron chi connectivity index (χ2n) is 7.12. The summed E-state index contributed by atoms with van der Waals surface area (Å²) in [5.41, 5.74) is 2.23. The first kappa shape index (κ1) is 21.0. The van der Waals surface area contributed by atoms with Crippen LogP contribution >= 0.6 is 0 Å². The summed E-state index contributed by atoms with van der Waals surface area (Å²) in [5, 5.41) is 3.27. The minimum absolute atomic E-state index is 0.0118. The van der Waals surface area contributed by atoms with Crippen LogP contribution in [-0.2, 0) is 16.0 Å². The van der Waals surface area contributed by atoms with Crippen LogP contribution in [0.3, 0.4) is 0 Å². The van der Waals surface area contributed by atoms with E-state index in [1.165, 1.54) is 5.56 Å². The molecular weight excluding hydrogens is 370 g/mol. The van der Waals surface area contributed by atoms with Crippen molar-refractivity contribution < 1.29 is 14.3 Å². The van der Waals surface area contributed by atoms with Crippen LogP contribution in [0.25, 0.3) is 0 Å². The van der Waals surface area contributed by atoms with E-state index in [4.69, 9.17) is 4.74 Å². The largest absolute Gasteiger partial charge is 0.450 e. The molecule has 0 aromatic heterocycles. The molecular formula is C21H31N5O3. The number of aryl methyl sites for hydroxylation is 1. The number of fused-ring (bicyclic) bond motifs is 1. The van der Waals surface area contributed by atoms with Gasteiger partial charge in [0.15, 0.2) is 5.96 Å². The molecule has 2 heterocycles. The number of benzene rings is 1. The molecule has 158 valence electrons. The van der Waals surface area contributed by atoms with Crippen LogP contribution in [-0.4, -0.2) is 80.2 Å². The SMILES string of the molecule is CCNC(=NCC(=O)N1CCCc2ccccc21)N1CCN(C(=O)OCC)CC1. The number of ether oxygens (including phenoxy) is 1. The third-order valence-electron chi connectivity index (χ3n) is 5.22. The highest BCUT2D eigenvalue weighted by Gasteiger charge is 2.25. The van der Waals surface area contributed by atoms with Crippen molar-refractivity contribution in [1.29, 1.82) is 0 Å². The molecule has 1 N–H and O–H groups in total. The van der Waals surface area contributed by atoms with Gasteiger partial charge in [-0.2, -0.15) is 0 Å². The van der Waals surface area contributed by atoms with Crippen molar-refractivity contribution in [2.45, 2.75) is 26.7 Å². The van der Waals surface area contributed by atoms with E-state index in [-0.39, 0.29) is 18.5 Å². The number of guanidine groups is 1. The standard InChI is InChI=1S/C21H31N5O3/c1-3-22-20(24-12-14-25(15-13-24)21(28)29-4-2)23-16-19(27)26-11-7-9-17-8-5-6-10-18(17)26/h5-6,8,10H,3-4,7,9,11-16H2,1-2H3,(H,22,23). The number of hydrogen-bond acceptors (Lipinski definition) is 4. The molecule has 0 radical (unpaired) electrons. The third kappa shape index (κ3) is 5.19. The normalized spacial score (nSPS) is 17.0. The number of carbonyl (C=O) groups is 2. The quantitative estimate of drug-likeness (QED) is 0.614. The van der Waals surface area contributed by atoms with Crippen LogP contribution in [0.15, 0.2) is 29.3 Å². The van der Waals surface area contributed by atoms with Crippen molar-refractivity contribution in [1.82, 2.24) is 15.1 Å². The maximum atomic E-state index is 12.9. The lowest BCUT2D eigenvalue weighted by Crippen LogP contribution is -2.54. The van der Waals surface area contributed by atoms with Crippen molar-refractivity contribution in [2.75, 3.05) is 57.3 Å². The molecule has 3 rings (SSSR count). The Morgan fingerprint density at radius 1 is 1.07 bits per heavy atom. The molecule has 0 unspecified atom stereocenters. The van der Waals surface area contributed by atoms with Crippen LogP contribution in [0.4, 0.5) is 10.5 Å². The molecule has 0 aliphatic carbocycles. The summed E-state index contributed by atoms with van der Waals surface area (Å²) in [5.74, 6) is 0.729. The lowest BCUT2D eigenvalue weighted by Gasteiger charge is -2.36. The first-order valence-electron chi connectivity index (χ1n) is 10.5. The summed E-state index contributed by atoms with van der Waals surface area (Å²) in [4.78, 5) is 35.0. The average molecular weight is 402 g/mol. The number of carbonyl (C=O) groups excluding carboxylic acids is 2. The maximum absolute atomic E-state index is 12.9. The van der Waals surface area contributed by atoms with Gasteiger partial charge in [0, 0.05) is 45.0 Å². The van der Waals surface area contributed by atoms with Gasteiger partial charge >= 0.3 is 6.09 Å². The fourth-order valence-electron chi connectivity index (χ4n) is 3.76. The predicted octanol–water partition coefficient (Wildman–Crippen LogP) is 1.71. The van der Waals surface area contributed by atoms with Crippen LogP contribution < -0.4 is 10.2 Å². The van der Waals surface area contributed by atoms with Gasteiger partial charge in [0.05, 0.1) is 6.61 Å². The number of rotatable bonds is 4. The van der Waals surface area contributed by atoms with Gasteiger partial charge in [-0.05, 0) is 38.3 Å². The molecule has 2 amide bonds. The van der Waals surface area contributed by atoms with Gasteiger partial charge in [0.1, 0.15) is 6.54 Å². The van der Waals surface area contributed by atoms with E-state index in [1.807, 2.05) is 36.9 Å². The number of amides is 2. The van der Waals surface area contributed by atoms with E-state index in [0.29, 0.717) is 32.8 Å². The van der Waals surface area contributed by atoms with Gasteiger partial charge < -0.3 is 24.8 Å². The Morgan fingerprint density at radius 3 is 2.52 bits per heavy atom. The third-order valence-corrected chi connectivity index (χ3v) is 5.22. The van der Waals surface area contributed by atoms with Crippen molar-refractivity contribution >= 4 is 23.6 Å². The number of piperazine rings is 1. The number of nitrogens with zero attached hydrogens (tertiary/aromatic N) is 4. The Kier molecular flexibility index (Phi) is 7.32. The lowest BCUT2D eigenvalue weighted by atomic mass is 10.0. The molecule has 8 heteroatoms. The van der Waals surface area contributed by atoms with E-state index in [0.717, 1.165) is 37.6 Å². The summed E-state index contributed by atoms with van der Waals surface area (Å²) in [7, 11) is 0. The Morgan fingerprint density at radius 2 is 1.79 bits per heavy atom. The van der Waals surface area contributed by atoms with Crippen LogP contribution in [0.5, 0.6) is 0 Å². The molecule has 0 atom stereocenters. The molecule has 2 aliphatic heterocycles. The monoisotopic (exact) mass is 401 g/mol. The Labute approximate surface area is 172 Å². The van der Waals surface area contributed by atoms with Crippen LogP contribution in [0, 0.1) is 0 Å². The molecule has 1 aromatic rings. The second-order valence-corrected chi connectivity index (χ2v) is 7.12. The molecule has 0 spiro atoms. The molecule has 1 aromatic carbocycles. The number of anilines is 1. The van der Waals surface area contributed by atoms with Crippen LogP contribution in [0.2, 0.25) is 0 Å². The smallest absolute Gasteiger partial charge is 0.409 e. The molecule has 0 bridgehead atoms. The number of hydrogen-bond donors (Lipinski definition) is 1. The lowest BCUT2D eigenvalue weighted by molar-refractivity contribution is -0.117. The second kappa shape index (κ2) is 10.1. The zero-order valence-corrected chi connectivity index (χ0v) is 17.4. The van der Waals surface area contributed by atoms with Crippen molar-refractivity contribution in [3.05, 3.63) is 29.8 Å². The molecule has 1 fully saturated rings. The molecule has 29 heavy (non-hydrogen) atoms. The highest BCUT2D eigenvalue weighted by Crippen LogP contribution is 2.26. The molecule has 0 saturated carbocycles. The van der Waals surface area contributed by atoms with Gasteiger partial charge in [-0.1, -0.05) is 18.2 Å². The first-order valence-corrected chi connectivity index (χ1v) is 10.5.